The first-order chi connectivity index (χ1) is 17.9. The molecule has 1 N–H and O–H groups in total. The van der Waals surface area contributed by atoms with Crippen molar-refractivity contribution in [3.63, 3.8) is 0 Å². The minimum atomic E-state index is -5.04. The fourth-order valence-electron chi connectivity index (χ4n) is 4.91. The molecule has 1 aliphatic heterocycles. The van der Waals surface area contributed by atoms with Crippen molar-refractivity contribution in [3.05, 3.63) is 52.9 Å². The summed E-state index contributed by atoms with van der Waals surface area (Å²) in [7, 11) is 5.13. The zero-order valence-electron chi connectivity index (χ0n) is 21.7. The number of alkyl halides is 3. The molecule has 1 saturated heterocycles. The van der Waals surface area contributed by atoms with E-state index in [9.17, 15) is 22.0 Å². The van der Waals surface area contributed by atoms with Gasteiger partial charge in [0.15, 0.2) is 11.5 Å². The van der Waals surface area contributed by atoms with Gasteiger partial charge in [0.2, 0.25) is 0 Å². The highest BCUT2D eigenvalue weighted by atomic mass is 19.4. The van der Waals surface area contributed by atoms with Gasteiger partial charge in [-0.2, -0.15) is 13.2 Å². The molecule has 0 bridgehead atoms. The summed E-state index contributed by atoms with van der Waals surface area (Å²) in [5.41, 5.74) is -1.87. The number of hydrogen-bond donors (Lipinski definition) is 1. The molecule has 0 spiro atoms. The van der Waals surface area contributed by atoms with E-state index < -0.39 is 35.0 Å². The molecule has 4 rings (SSSR count). The van der Waals surface area contributed by atoms with E-state index in [1.165, 1.54) is 14.0 Å². The summed E-state index contributed by atoms with van der Waals surface area (Å²) in [5.74, 6) is -1.33. The molecular formula is C26H29F5N4O3. The Balaban J connectivity index is 1.70. The van der Waals surface area contributed by atoms with Crippen LogP contribution in [0.5, 0.6) is 11.5 Å². The Kier molecular flexibility index (Phi) is 7.67. The monoisotopic (exact) mass is 540 g/mol. The van der Waals surface area contributed by atoms with Crippen molar-refractivity contribution >= 4 is 16.7 Å². The Hall–Kier alpha value is -3.25. The van der Waals surface area contributed by atoms with Crippen LogP contribution in [0.15, 0.2) is 24.3 Å². The number of anilines is 1. The molecule has 7 nitrogen and oxygen atoms in total. The topological polar surface area (TPSA) is 68.7 Å². The summed E-state index contributed by atoms with van der Waals surface area (Å²) < 4.78 is 85.6. The van der Waals surface area contributed by atoms with Gasteiger partial charge in [-0.05, 0) is 39.1 Å². The standard InChI is InChI=1S/C26H29F5N4O3/c1-14(17-6-16(27)7-19(23(17)28)26(29,30)31)32-24-18-8-22(21(37-5)9-20(18)33-15(2)34-24)38-13-25(12-36-4)10-35(3)11-25/h6-9,14H,10-13H2,1-5H3,(H,32,33,34)/t14-/m1/s1. The molecule has 2 heterocycles. The number of nitrogens with zero attached hydrogens (tertiary/aromatic N) is 3. The Morgan fingerprint density at radius 2 is 1.76 bits per heavy atom. The van der Waals surface area contributed by atoms with Gasteiger partial charge in [-0.15, -0.1) is 0 Å². The first-order valence-corrected chi connectivity index (χ1v) is 11.8. The van der Waals surface area contributed by atoms with E-state index in [0.717, 1.165) is 19.2 Å². The molecule has 0 aliphatic carbocycles. The first kappa shape index (κ1) is 27.8. The van der Waals surface area contributed by atoms with Crippen LogP contribution in [0.4, 0.5) is 27.8 Å². The van der Waals surface area contributed by atoms with Crippen LogP contribution < -0.4 is 14.8 Å². The highest BCUT2D eigenvalue weighted by molar-refractivity contribution is 5.92. The molecule has 206 valence electrons. The quantitative estimate of drug-likeness (QED) is 0.366. The Morgan fingerprint density at radius 1 is 1.05 bits per heavy atom. The number of likely N-dealkylation sites (tertiary alicyclic amines) is 1. The number of fused-ring (bicyclic) bond motifs is 1. The van der Waals surface area contributed by atoms with Crippen molar-refractivity contribution in [2.45, 2.75) is 26.1 Å². The van der Waals surface area contributed by atoms with Crippen LogP contribution in [0.2, 0.25) is 0 Å². The van der Waals surface area contributed by atoms with Gasteiger partial charge in [-0.1, -0.05) is 0 Å². The van der Waals surface area contributed by atoms with E-state index in [4.69, 9.17) is 14.2 Å². The molecule has 0 amide bonds. The largest absolute Gasteiger partial charge is 0.493 e. The SMILES string of the molecule is COCC1(COc2cc3c(N[C@H](C)c4cc(F)cc(C(F)(F)F)c4F)nc(C)nc3cc2OC)CN(C)C1. The van der Waals surface area contributed by atoms with Gasteiger partial charge in [0.1, 0.15) is 23.3 Å². The van der Waals surface area contributed by atoms with Gasteiger partial charge in [-0.3, -0.25) is 0 Å². The molecule has 1 aromatic heterocycles. The van der Waals surface area contributed by atoms with Gasteiger partial charge >= 0.3 is 6.18 Å². The van der Waals surface area contributed by atoms with E-state index in [0.29, 0.717) is 41.4 Å². The molecule has 2 aromatic carbocycles. The molecule has 12 heteroatoms. The maximum absolute atomic E-state index is 14.8. The number of rotatable bonds is 9. The summed E-state index contributed by atoms with van der Waals surface area (Å²) in [6.07, 6.45) is -5.04. The molecule has 0 unspecified atom stereocenters. The average molecular weight is 541 g/mol. The van der Waals surface area contributed by atoms with Crippen molar-refractivity contribution in [3.8, 4) is 11.5 Å². The van der Waals surface area contributed by atoms with Crippen molar-refractivity contribution in [2.75, 3.05) is 52.9 Å². The fraction of sp³-hybridized carbons (Fsp3) is 0.462. The van der Waals surface area contributed by atoms with Crippen LogP contribution >= 0.6 is 0 Å². The molecule has 3 aromatic rings. The van der Waals surface area contributed by atoms with Crippen molar-refractivity contribution in [2.24, 2.45) is 5.41 Å². The third-order valence-electron chi connectivity index (χ3n) is 6.48. The second-order valence-corrected chi connectivity index (χ2v) is 9.75. The second kappa shape index (κ2) is 10.5. The smallest absolute Gasteiger partial charge is 0.419 e. The summed E-state index contributed by atoms with van der Waals surface area (Å²) in [6, 6.07) is 3.14. The fourth-order valence-corrected chi connectivity index (χ4v) is 4.91. The normalized spacial score (nSPS) is 16.3. The molecule has 0 saturated carbocycles. The van der Waals surface area contributed by atoms with Gasteiger partial charge in [-0.25, -0.2) is 18.7 Å². The third-order valence-corrected chi connectivity index (χ3v) is 6.48. The van der Waals surface area contributed by atoms with Crippen LogP contribution in [0.1, 0.15) is 29.9 Å². The number of ether oxygens (including phenoxy) is 3. The maximum Gasteiger partial charge on any atom is 0.419 e. The van der Waals surface area contributed by atoms with E-state index in [1.54, 1.807) is 26.2 Å². The van der Waals surface area contributed by atoms with Crippen molar-refractivity contribution in [1.29, 1.82) is 0 Å². The Bertz CT molecular complexity index is 1320. The van der Waals surface area contributed by atoms with Gasteiger partial charge < -0.3 is 24.4 Å². The number of benzene rings is 2. The number of aromatic nitrogens is 2. The van der Waals surface area contributed by atoms with Gasteiger partial charge in [0, 0.05) is 37.2 Å². The Labute approximate surface area is 216 Å². The number of methoxy groups -OCH3 is 2. The van der Waals surface area contributed by atoms with Crippen molar-refractivity contribution in [1.82, 2.24) is 14.9 Å². The van der Waals surface area contributed by atoms with E-state index in [2.05, 4.69) is 20.2 Å². The van der Waals surface area contributed by atoms with Gasteiger partial charge in [0.05, 0.1) is 42.9 Å². The van der Waals surface area contributed by atoms with Gasteiger partial charge in [0.25, 0.3) is 0 Å². The summed E-state index contributed by atoms with van der Waals surface area (Å²) in [5, 5.41) is 3.40. The highest BCUT2D eigenvalue weighted by Crippen LogP contribution is 2.39. The predicted molar refractivity (Wildman–Crippen MR) is 132 cm³/mol. The number of halogens is 5. The maximum atomic E-state index is 14.8. The van der Waals surface area contributed by atoms with Crippen LogP contribution in [0.3, 0.4) is 0 Å². The summed E-state index contributed by atoms with van der Waals surface area (Å²) in [6.45, 7) is 5.51. The summed E-state index contributed by atoms with van der Waals surface area (Å²) in [4.78, 5) is 11.0. The first-order valence-electron chi connectivity index (χ1n) is 11.8. The van der Waals surface area contributed by atoms with Crippen LogP contribution in [0, 0.1) is 24.0 Å². The lowest BCUT2D eigenvalue weighted by Gasteiger charge is -2.47. The lowest BCUT2D eigenvalue weighted by atomic mass is 9.82. The second-order valence-electron chi connectivity index (χ2n) is 9.75. The van der Waals surface area contributed by atoms with Crippen LogP contribution in [0.25, 0.3) is 10.9 Å². The number of nitrogens with one attached hydrogen (secondary N) is 1. The molecule has 38 heavy (non-hydrogen) atoms. The minimum Gasteiger partial charge on any atom is -0.493 e. The summed E-state index contributed by atoms with van der Waals surface area (Å²) >= 11 is 0. The average Bonchev–Trinajstić information content (AvgIpc) is 2.81. The van der Waals surface area contributed by atoms with E-state index in [1.807, 2.05) is 7.05 Å². The molecule has 1 aliphatic rings. The molecular weight excluding hydrogens is 511 g/mol. The van der Waals surface area contributed by atoms with E-state index >= 15 is 0 Å². The van der Waals surface area contributed by atoms with Crippen LogP contribution in [-0.2, 0) is 10.9 Å². The third kappa shape index (κ3) is 5.60. The van der Waals surface area contributed by atoms with Crippen molar-refractivity contribution < 1.29 is 36.2 Å². The van der Waals surface area contributed by atoms with E-state index in [-0.39, 0.29) is 17.3 Å². The van der Waals surface area contributed by atoms with Crippen LogP contribution in [-0.4, -0.2) is 62.4 Å². The molecule has 0 radical (unpaired) electrons. The molecule has 1 atom stereocenters. The lowest BCUT2D eigenvalue weighted by molar-refractivity contribution is -0.140. The number of aryl methyl sites for hydroxylation is 1. The molecule has 1 fully saturated rings. The zero-order valence-corrected chi connectivity index (χ0v) is 21.7. The number of hydrogen-bond acceptors (Lipinski definition) is 7. The minimum absolute atomic E-state index is 0.141. The highest BCUT2D eigenvalue weighted by Gasteiger charge is 2.42. The zero-order chi connectivity index (χ0) is 27.8. The predicted octanol–water partition coefficient (Wildman–Crippen LogP) is 5.37. The Morgan fingerprint density at radius 3 is 2.37 bits per heavy atom. The lowest BCUT2D eigenvalue weighted by Crippen LogP contribution is -2.59.